The van der Waals surface area contributed by atoms with Crippen LogP contribution in [-0.2, 0) is 4.74 Å². The van der Waals surface area contributed by atoms with E-state index in [0.29, 0.717) is 11.5 Å². The molecule has 3 fully saturated rings. The van der Waals surface area contributed by atoms with Gasteiger partial charge < -0.3 is 9.84 Å². The Bertz CT molecular complexity index is 486. The fourth-order valence-corrected chi connectivity index (χ4v) is 4.38. The summed E-state index contributed by atoms with van der Waals surface area (Å²) >= 11 is 0. The van der Waals surface area contributed by atoms with Crippen LogP contribution in [0, 0.1) is 17.3 Å². The molecule has 0 aromatic rings. The number of aliphatic hydroxyl groups is 1. The molecular weight excluding hydrogens is 272 g/mol. The van der Waals surface area contributed by atoms with E-state index < -0.39 is 5.60 Å². The molecule has 0 aromatic carbocycles. The molecule has 1 heterocycles. The van der Waals surface area contributed by atoms with Crippen LogP contribution in [0.3, 0.4) is 0 Å². The van der Waals surface area contributed by atoms with Gasteiger partial charge in [0.2, 0.25) is 0 Å². The van der Waals surface area contributed by atoms with Gasteiger partial charge in [-0.05, 0) is 76.5 Å². The molecule has 22 heavy (non-hydrogen) atoms. The first-order chi connectivity index (χ1) is 10.1. The molecule has 3 aliphatic rings. The molecule has 0 radical (unpaired) electrons. The molecule has 2 heteroatoms. The van der Waals surface area contributed by atoms with Crippen molar-refractivity contribution in [1.82, 2.24) is 0 Å². The highest BCUT2D eigenvalue weighted by Gasteiger charge is 2.56. The summed E-state index contributed by atoms with van der Waals surface area (Å²) in [5.41, 5.74) is 1.16. The number of fused-ring (bicyclic) bond motifs is 2. The van der Waals surface area contributed by atoms with Gasteiger partial charge in [-0.2, -0.15) is 0 Å². The lowest BCUT2D eigenvalue weighted by atomic mass is 9.73. The highest BCUT2D eigenvalue weighted by atomic mass is 16.6. The second-order valence-corrected chi connectivity index (χ2v) is 8.98. The molecule has 2 aliphatic carbocycles. The summed E-state index contributed by atoms with van der Waals surface area (Å²) in [5.74, 6) is 1.49. The summed E-state index contributed by atoms with van der Waals surface area (Å²) in [6.45, 7) is 12.7. The van der Waals surface area contributed by atoms with Crippen LogP contribution in [0.5, 0.6) is 0 Å². The van der Waals surface area contributed by atoms with Crippen LogP contribution in [0.4, 0.5) is 0 Å². The summed E-state index contributed by atoms with van der Waals surface area (Å²) in [6, 6.07) is 0. The number of hydrogen-bond acceptors (Lipinski definition) is 2. The van der Waals surface area contributed by atoms with E-state index in [1.54, 1.807) is 0 Å². The number of rotatable bonds is 3. The summed E-state index contributed by atoms with van der Waals surface area (Å²) in [4.78, 5) is 0. The number of epoxide rings is 1. The maximum atomic E-state index is 9.90. The third-order valence-electron chi connectivity index (χ3n) is 6.28. The smallest absolute Gasteiger partial charge is 0.0920 e. The first-order valence-corrected chi connectivity index (χ1v) is 8.89. The Hall–Kier alpha value is -0.600. The van der Waals surface area contributed by atoms with Crippen molar-refractivity contribution in [3.05, 3.63) is 24.3 Å². The minimum atomic E-state index is -0.713. The molecule has 2 saturated carbocycles. The quantitative estimate of drug-likeness (QED) is 0.609. The topological polar surface area (TPSA) is 32.8 Å². The minimum Gasteiger partial charge on any atom is -0.386 e. The Kier molecular flexibility index (Phi) is 3.85. The highest BCUT2D eigenvalue weighted by molar-refractivity contribution is 5.18. The predicted octanol–water partition coefficient (Wildman–Crippen LogP) is 4.63. The van der Waals surface area contributed by atoms with Crippen molar-refractivity contribution in [2.45, 2.75) is 83.5 Å². The van der Waals surface area contributed by atoms with E-state index >= 15 is 0 Å². The van der Waals surface area contributed by atoms with Crippen molar-refractivity contribution in [2.24, 2.45) is 17.3 Å². The van der Waals surface area contributed by atoms with Crippen molar-refractivity contribution < 1.29 is 9.84 Å². The summed E-state index contributed by atoms with van der Waals surface area (Å²) in [7, 11) is 0. The van der Waals surface area contributed by atoms with Gasteiger partial charge in [0, 0.05) is 0 Å². The summed E-state index contributed by atoms with van der Waals surface area (Å²) in [5, 5.41) is 9.90. The van der Waals surface area contributed by atoms with Crippen LogP contribution in [0.15, 0.2) is 24.3 Å². The van der Waals surface area contributed by atoms with Gasteiger partial charge >= 0.3 is 0 Å². The number of hydrogen-bond donors (Lipinski definition) is 1. The van der Waals surface area contributed by atoms with E-state index in [1.807, 2.05) is 19.9 Å². The van der Waals surface area contributed by atoms with Crippen molar-refractivity contribution in [3.8, 4) is 0 Å². The van der Waals surface area contributed by atoms with E-state index in [2.05, 4.69) is 26.5 Å². The largest absolute Gasteiger partial charge is 0.386 e. The van der Waals surface area contributed by atoms with Gasteiger partial charge in [-0.15, -0.1) is 0 Å². The lowest BCUT2D eigenvalue weighted by molar-refractivity contribution is 0.131. The molecule has 2 nitrogen and oxygen atoms in total. The van der Waals surface area contributed by atoms with Gasteiger partial charge in [0.15, 0.2) is 0 Å². The molecule has 5 atom stereocenters. The predicted molar refractivity (Wildman–Crippen MR) is 90.6 cm³/mol. The van der Waals surface area contributed by atoms with Gasteiger partial charge in [0.25, 0.3) is 0 Å². The van der Waals surface area contributed by atoms with Crippen molar-refractivity contribution in [3.63, 3.8) is 0 Å². The SMILES string of the molecule is C=C1CCC2OC2(C)CCC(C)(CC=CC(C)(C)O)C2CC12. The van der Waals surface area contributed by atoms with E-state index in [-0.39, 0.29) is 5.60 Å². The third kappa shape index (κ3) is 3.33. The van der Waals surface area contributed by atoms with Crippen LogP contribution >= 0.6 is 0 Å². The highest BCUT2D eigenvalue weighted by Crippen LogP contribution is 2.61. The van der Waals surface area contributed by atoms with E-state index in [1.165, 1.54) is 24.8 Å². The zero-order valence-corrected chi connectivity index (χ0v) is 14.7. The van der Waals surface area contributed by atoms with Gasteiger partial charge in [0.1, 0.15) is 0 Å². The van der Waals surface area contributed by atoms with Crippen LogP contribution < -0.4 is 0 Å². The average Bonchev–Trinajstić information content (AvgIpc) is 3.27. The number of allylic oxidation sites excluding steroid dienone is 2. The Morgan fingerprint density at radius 1 is 1.36 bits per heavy atom. The minimum absolute atomic E-state index is 0.114. The van der Waals surface area contributed by atoms with Gasteiger partial charge in [-0.25, -0.2) is 0 Å². The number of ether oxygens (including phenoxy) is 1. The van der Waals surface area contributed by atoms with Crippen LogP contribution in [0.25, 0.3) is 0 Å². The van der Waals surface area contributed by atoms with E-state index in [0.717, 1.165) is 31.1 Å². The Morgan fingerprint density at radius 2 is 2.09 bits per heavy atom. The molecule has 0 spiro atoms. The monoisotopic (exact) mass is 304 g/mol. The first kappa shape index (κ1) is 16.3. The molecular formula is C20H32O2. The maximum Gasteiger partial charge on any atom is 0.0920 e. The lowest BCUT2D eigenvalue weighted by Gasteiger charge is -2.31. The Morgan fingerprint density at radius 3 is 2.77 bits per heavy atom. The molecule has 1 saturated heterocycles. The second kappa shape index (κ2) is 5.21. The van der Waals surface area contributed by atoms with Crippen molar-refractivity contribution >= 4 is 0 Å². The van der Waals surface area contributed by atoms with Crippen molar-refractivity contribution in [2.75, 3.05) is 0 Å². The zero-order chi connectivity index (χ0) is 16.2. The molecule has 1 aliphatic heterocycles. The van der Waals surface area contributed by atoms with E-state index in [9.17, 15) is 5.11 Å². The fourth-order valence-electron chi connectivity index (χ4n) is 4.38. The zero-order valence-electron chi connectivity index (χ0n) is 14.7. The summed E-state index contributed by atoms with van der Waals surface area (Å²) < 4.78 is 5.99. The fraction of sp³-hybridized carbons (Fsp3) is 0.800. The van der Waals surface area contributed by atoms with Crippen molar-refractivity contribution in [1.29, 1.82) is 0 Å². The molecule has 0 bridgehead atoms. The molecule has 5 unspecified atom stereocenters. The van der Waals surface area contributed by atoms with Gasteiger partial charge in [-0.1, -0.05) is 31.2 Å². The Labute approximate surface area is 135 Å². The first-order valence-electron chi connectivity index (χ1n) is 8.89. The lowest BCUT2D eigenvalue weighted by Crippen LogP contribution is -2.25. The second-order valence-electron chi connectivity index (χ2n) is 8.98. The third-order valence-corrected chi connectivity index (χ3v) is 6.28. The average molecular weight is 304 g/mol. The molecule has 3 rings (SSSR count). The molecule has 0 amide bonds. The summed E-state index contributed by atoms with van der Waals surface area (Å²) in [6.07, 6.45) is 11.6. The Balaban J connectivity index is 1.72. The molecule has 1 N–H and O–H groups in total. The van der Waals surface area contributed by atoms with Crippen LogP contribution in [0.2, 0.25) is 0 Å². The van der Waals surface area contributed by atoms with E-state index in [4.69, 9.17) is 4.74 Å². The van der Waals surface area contributed by atoms with Gasteiger partial charge in [-0.3, -0.25) is 0 Å². The molecule has 124 valence electrons. The van der Waals surface area contributed by atoms with Crippen LogP contribution in [0.1, 0.15) is 66.2 Å². The van der Waals surface area contributed by atoms with Gasteiger partial charge in [0.05, 0.1) is 17.3 Å². The maximum absolute atomic E-state index is 9.90. The van der Waals surface area contributed by atoms with Crippen LogP contribution in [-0.4, -0.2) is 22.4 Å². The standard InChI is InChI=1S/C20H32O2/c1-14-7-8-17-20(5,22-17)12-11-19(4,16-13-15(14)16)10-6-9-18(2,3)21/h6,9,15-17,21H,1,7-8,10-13H2,2-5H3. The normalized spacial score (nSPS) is 45.3. The molecule has 0 aromatic heterocycles.